The molecule has 0 aliphatic heterocycles. The zero-order valence-corrected chi connectivity index (χ0v) is 26.7. The van der Waals surface area contributed by atoms with Crippen molar-refractivity contribution in [1.29, 1.82) is 0 Å². The van der Waals surface area contributed by atoms with E-state index in [9.17, 15) is 0 Å². The second-order valence-corrected chi connectivity index (χ2v) is 12.4. The first-order valence-corrected chi connectivity index (χ1v) is 16.6. The molecule has 50 heavy (non-hydrogen) atoms. The van der Waals surface area contributed by atoms with Gasteiger partial charge in [-0.05, 0) is 41.0 Å². The summed E-state index contributed by atoms with van der Waals surface area (Å²) in [6.07, 6.45) is 0. The molecule has 234 valence electrons. The van der Waals surface area contributed by atoms with Gasteiger partial charge in [0, 0.05) is 38.2 Å². The van der Waals surface area contributed by atoms with Gasteiger partial charge in [0.25, 0.3) is 0 Å². The molecule has 0 spiro atoms. The van der Waals surface area contributed by atoms with Crippen LogP contribution in [0.2, 0.25) is 0 Å². The summed E-state index contributed by atoms with van der Waals surface area (Å²) in [6, 6.07) is 55.6. The fourth-order valence-electron chi connectivity index (χ4n) is 7.00. The maximum absolute atomic E-state index is 6.71. The van der Waals surface area contributed by atoms with Crippen LogP contribution in [0, 0.1) is 0 Å². The molecule has 0 bridgehead atoms. The van der Waals surface area contributed by atoms with Gasteiger partial charge < -0.3 is 8.83 Å². The number of fused-ring (bicyclic) bond motifs is 6. The van der Waals surface area contributed by atoms with E-state index in [2.05, 4.69) is 66.7 Å². The largest absolute Gasteiger partial charge is 0.455 e. The Hall–Kier alpha value is -6.85. The lowest BCUT2D eigenvalue weighted by atomic mass is 9.95. The minimum absolute atomic E-state index is 0.538. The predicted octanol–water partition coefficient (Wildman–Crippen LogP) is 12.0. The van der Waals surface area contributed by atoms with E-state index in [0.29, 0.717) is 23.1 Å². The van der Waals surface area contributed by atoms with Gasteiger partial charge in [0.1, 0.15) is 22.3 Å². The summed E-state index contributed by atoms with van der Waals surface area (Å²) in [5.41, 5.74) is 10.1. The quantitative estimate of drug-likeness (QED) is 0.187. The van der Waals surface area contributed by atoms with E-state index >= 15 is 0 Å². The highest BCUT2D eigenvalue weighted by Gasteiger charge is 2.22. The topological polar surface area (TPSA) is 65.0 Å². The zero-order chi connectivity index (χ0) is 33.0. The summed E-state index contributed by atoms with van der Waals surface area (Å²) in [4.78, 5) is 15.2. The fourth-order valence-corrected chi connectivity index (χ4v) is 7.00. The van der Waals surface area contributed by atoms with Gasteiger partial charge in [-0.15, -0.1) is 0 Å². The first kappa shape index (κ1) is 28.2. The molecule has 0 saturated carbocycles. The van der Waals surface area contributed by atoms with Crippen LogP contribution in [-0.2, 0) is 0 Å². The molecule has 0 radical (unpaired) electrons. The van der Waals surface area contributed by atoms with Crippen molar-refractivity contribution in [1.82, 2.24) is 15.0 Å². The van der Waals surface area contributed by atoms with Crippen molar-refractivity contribution >= 4 is 43.9 Å². The van der Waals surface area contributed by atoms with Crippen LogP contribution in [0.5, 0.6) is 0 Å². The van der Waals surface area contributed by atoms with Crippen LogP contribution in [0.15, 0.2) is 173 Å². The summed E-state index contributed by atoms with van der Waals surface area (Å²) in [5.74, 6) is 1.72. The molecule has 0 N–H and O–H groups in total. The van der Waals surface area contributed by atoms with Crippen LogP contribution in [0.4, 0.5) is 0 Å². The van der Waals surface area contributed by atoms with Crippen molar-refractivity contribution in [3.8, 4) is 56.4 Å². The van der Waals surface area contributed by atoms with Gasteiger partial charge in [0.15, 0.2) is 17.5 Å². The van der Waals surface area contributed by atoms with Crippen LogP contribution in [0.25, 0.3) is 100 Å². The van der Waals surface area contributed by atoms with E-state index < -0.39 is 0 Å². The number of aromatic nitrogens is 3. The van der Waals surface area contributed by atoms with Crippen LogP contribution >= 0.6 is 0 Å². The Kier molecular flexibility index (Phi) is 6.42. The van der Waals surface area contributed by atoms with E-state index in [-0.39, 0.29) is 0 Å². The van der Waals surface area contributed by atoms with Crippen molar-refractivity contribution in [2.24, 2.45) is 0 Å². The van der Waals surface area contributed by atoms with Gasteiger partial charge in [-0.2, -0.15) is 0 Å². The minimum Gasteiger partial charge on any atom is -0.455 e. The van der Waals surface area contributed by atoms with E-state index in [1.807, 2.05) is 97.1 Å². The molecule has 10 rings (SSSR count). The Labute approximate surface area is 287 Å². The molecule has 3 heterocycles. The molecule has 5 nitrogen and oxygen atoms in total. The number of nitrogens with zero attached hydrogens (tertiary/aromatic N) is 3. The Morgan fingerprint density at radius 1 is 0.320 bits per heavy atom. The smallest absolute Gasteiger partial charge is 0.167 e. The average Bonchev–Trinajstić information content (AvgIpc) is 3.77. The van der Waals surface area contributed by atoms with Crippen LogP contribution < -0.4 is 0 Å². The number of hydrogen-bond donors (Lipinski definition) is 0. The molecule has 0 amide bonds. The fraction of sp³-hybridized carbons (Fsp3) is 0. The van der Waals surface area contributed by atoms with Gasteiger partial charge in [0.2, 0.25) is 0 Å². The van der Waals surface area contributed by atoms with E-state index in [1.54, 1.807) is 0 Å². The summed E-state index contributed by atoms with van der Waals surface area (Å²) >= 11 is 0. The first-order valence-electron chi connectivity index (χ1n) is 16.6. The van der Waals surface area contributed by atoms with Gasteiger partial charge in [-0.1, -0.05) is 140 Å². The zero-order valence-electron chi connectivity index (χ0n) is 26.7. The van der Waals surface area contributed by atoms with Gasteiger partial charge in [-0.25, -0.2) is 15.0 Å². The third kappa shape index (κ3) is 4.60. The Morgan fingerprint density at radius 2 is 0.860 bits per heavy atom. The lowest BCUT2D eigenvalue weighted by molar-refractivity contribution is 0.669. The molecule has 0 fully saturated rings. The van der Waals surface area contributed by atoms with Gasteiger partial charge in [-0.3, -0.25) is 0 Å². The number of rotatable bonds is 5. The van der Waals surface area contributed by atoms with Crippen molar-refractivity contribution in [2.75, 3.05) is 0 Å². The highest BCUT2D eigenvalue weighted by Crippen LogP contribution is 2.44. The maximum Gasteiger partial charge on any atom is 0.167 e. The Morgan fingerprint density at radius 3 is 1.66 bits per heavy atom. The first-order chi connectivity index (χ1) is 24.8. The average molecular weight is 642 g/mol. The molecular formula is C45H27N3O2. The molecule has 0 aliphatic carbocycles. The Bertz CT molecular complexity index is 2870. The lowest BCUT2D eigenvalue weighted by Gasteiger charge is -2.11. The molecule has 0 unspecified atom stereocenters. The third-order valence-corrected chi connectivity index (χ3v) is 9.36. The molecule has 5 heteroatoms. The maximum atomic E-state index is 6.71. The van der Waals surface area contributed by atoms with Crippen LogP contribution in [0.1, 0.15) is 0 Å². The monoisotopic (exact) mass is 641 g/mol. The molecule has 0 atom stereocenters. The highest BCUT2D eigenvalue weighted by atomic mass is 16.3. The molecule has 0 aliphatic rings. The van der Waals surface area contributed by atoms with Crippen molar-refractivity contribution in [3.63, 3.8) is 0 Å². The SMILES string of the molecule is c1ccc(-c2cccc(-c3nc(-c4ccccc4)nc(-c4ccc(-c5cccc6c5oc5ccccc56)c5c4oc4ccccc45)n3)c2)cc1. The number of furan rings is 2. The lowest BCUT2D eigenvalue weighted by Crippen LogP contribution is -2.00. The van der Waals surface area contributed by atoms with Crippen LogP contribution in [0.3, 0.4) is 0 Å². The molecule has 7 aromatic carbocycles. The minimum atomic E-state index is 0.538. The van der Waals surface area contributed by atoms with E-state index in [1.165, 1.54) is 0 Å². The van der Waals surface area contributed by atoms with Crippen molar-refractivity contribution in [3.05, 3.63) is 164 Å². The standard InChI is InChI=1S/C45H27N3O2/c1-3-13-28(14-4-1)30-17-11-18-31(27-30)44-46-43(29-15-5-2-6-16-29)47-45(48-44)37-26-25-33(40-36-20-8-10-24-39(36)50-42(37)40)35-22-12-21-34-32-19-7-9-23-38(32)49-41(34)35/h1-27H. The van der Waals surface area contributed by atoms with Crippen molar-refractivity contribution < 1.29 is 8.83 Å². The highest BCUT2D eigenvalue weighted by molar-refractivity contribution is 6.19. The Balaban J connectivity index is 1.22. The second-order valence-electron chi connectivity index (χ2n) is 12.4. The summed E-state index contributed by atoms with van der Waals surface area (Å²) < 4.78 is 13.2. The predicted molar refractivity (Wildman–Crippen MR) is 202 cm³/mol. The molecule has 0 saturated heterocycles. The van der Waals surface area contributed by atoms with E-state index in [4.69, 9.17) is 23.8 Å². The third-order valence-electron chi connectivity index (χ3n) is 9.36. The van der Waals surface area contributed by atoms with E-state index in [0.717, 1.165) is 77.2 Å². The summed E-state index contributed by atoms with van der Waals surface area (Å²) in [6.45, 7) is 0. The van der Waals surface area contributed by atoms with Gasteiger partial charge in [0.05, 0.1) is 5.56 Å². The molecular weight excluding hydrogens is 615 g/mol. The van der Waals surface area contributed by atoms with Gasteiger partial charge >= 0.3 is 0 Å². The normalized spacial score (nSPS) is 11.6. The van der Waals surface area contributed by atoms with Crippen LogP contribution in [-0.4, -0.2) is 15.0 Å². The second kappa shape index (κ2) is 11.4. The summed E-state index contributed by atoms with van der Waals surface area (Å²) in [5, 5.41) is 4.17. The van der Waals surface area contributed by atoms with Crippen molar-refractivity contribution in [2.45, 2.75) is 0 Å². The number of benzene rings is 7. The molecule has 3 aromatic heterocycles. The number of hydrogen-bond acceptors (Lipinski definition) is 5. The molecule has 10 aromatic rings. The number of para-hydroxylation sites is 3. The summed E-state index contributed by atoms with van der Waals surface area (Å²) in [7, 11) is 0.